The Bertz CT molecular complexity index is 977. The molecule has 4 N–H and O–H groups in total. The first-order valence-electron chi connectivity index (χ1n) is 7.40. The van der Waals surface area contributed by atoms with Gasteiger partial charge in [0.25, 0.3) is 5.91 Å². The van der Waals surface area contributed by atoms with Crippen LogP contribution in [-0.2, 0) is 4.79 Å². The smallest absolute Gasteiger partial charge is 0.258 e. The molecule has 2 aromatic carbocycles. The van der Waals surface area contributed by atoms with Gasteiger partial charge in [0.05, 0.1) is 22.5 Å². The molecule has 1 heterocycles. The minimum absolute atomic E-state index is 0.213. The van der Waals surface area contributed by atoms with E-state index in [0.29, 0.717) is 33.8 Å². The number of nitrogens with one attached hydrogen (secondary N) is 1. The summed E-state index contributed by atoms with van der Waals surface area (Å²) in [5.74, 6) is -0.183. The first-order chi connectivity index (χ1) is 12.1. The van der Waals surface area contributed by atoms with Gasteiger partial charge in [0.15, 0.2) is 5.78 Å². The summed E-state index contributed by atoms with van der Waals surface area (Å²) < 4.78 is 13.6. The van der Waals surface area contributed by atoms with E-state index in [-0.39, 0.29) is 29.3 Å². The Morgan fingerprint density at radius 3 is 2.32 bits per heavy atom. The van der Waals surface area contributed by atoms with Gasteiger partial charge in [-0.25, -0.2) is 0 Å². The standard InChI is InChI=1S/C18H12N2O4S/c19-15-11-3-1-2-4-12(11)17(21)14-13(15)18(22)20-16(14)9-5-7-10(8-6-9)24-25-23/h1-8,23H,19H2,(H,20,22). The van der Waals surface area contributed by atoms with Crippen LogP contribution in [0.15, 0.2) is 59.7 Å². The topological polar surface area (TPSA) is 102 Å². The number of nitrogens with two attached hydrogens (primary N) is 1. The van der Waals surface area contributed by atoms with Crippen LogP contribution >= 0.6 is 12.3 Å². The van der Waals surface area contributed by atoms with Crippen molar-refractivity contribution in [1.82, 2.24) is 5.32 Å². The van der Waals surface area contributed by atoms with E-state index in [0.717, 1.165) is 0 Å². The highest BCUT2D eigenvalue weighted by Crippen LogP contribution is 2.39. The van der Waals surface area contributed by atoms with E-state index in [1.807, 2.05) is 0 Å². The van der Waals surface area contributed by atoms with Crippen LogP contribution in [0.5, 0.6) is 5.75 Å². The van der Waals surface area contributed by atoms with Crippen molar-refractivity contribution in [2.45, 2.75) is 0 Å². The molecule has 0 saturated carbocycles. The van der Waals surface area contributed by atoms with Gasteiger partial charge >= 0.3 is 0 Å². The lowest BCUT2D eigenvalue weighted by atomic mass is 9.84. The van der Waals surface area contributed by atoms with Crippen LogP contribution in [0.1, 0.15) is 21.5 Å². The number of carbonyl (C=O) groups is 2. The number of hydrogen-bond donors (Lipinski definition) is 3. The molecule has 0 fully saturated rings. The lowest BCUT2D eigenvalue weighted by Crippen LogP contribution is -2.22. The van der Waals surface area contributed by atoms with Gasteiger partial charge in [-0.1, -0.05) is 24.3 Å². The molecule has 0 saturated heterocycles. The van der Waals surface area contributed by atoms with Gasteiger partial charge in [0.1, 0.15) is 5.75 Å². The summed E-state index contributed by atoms with van der Waals surface area (Å²) >= 11 is 0.245. The molecule has 2 aromatic rings. The van der Waals surface area contributed by atoms with E-state index in [4.69, 9.17) is 14.5 Å². The maximum Gasteiger partial charge on any atom is 0.258 e. The van der Waals surface area contributed by atoms with Crippen molar-refractivity contribution < 1.29 is 18.3 Å². The summed E-state index contributed by atoms with van der Waals surface area (Å²) in [5.41, 5.74) is 9.09. The Kier molecular flexibility index (Phi) is 3.60. The highest BCUT2D eigenvalue weighted by Gasteiger charge is 2.39. The lowest BCUT2D eigenvalue weighted by Gasteiger charge is -2.18. The average molecular weight is 352 g/mol. The third kappa shape index (κ3) is 2.33. The molecular weight excluding hydrogens is 340 g/mol. The van der Waals surface area contributed by atoms with E-state index >= 15 is 0 Å². The van der Waals surface area contributed by atoms with Crippen LogP contribution in [0.3, 0.4) is 0 Å². The van der Waals surface area contributed by atoms with Gasteiger partial charge in [-0.05, 0) is 29.8 Å². The fourth-order valence-electron chi connectivity index (χ4n) is 3.08. The predicted molar refractivity (Wildman–Crippen MR) is 94.2 cm³/mol. The van der Waals surface area contributed by atoms with Crippen molar-refractivity contribution in [2.24, 2.45) is 5.73 Å². The van der Waals surface area contributed by atoms with Crippen LogP contribution in [0.4, 0.5) is 0 Å². The SMILES string of the molecule is NC1=C2C(=O)NC(c3ccc(OSO)cc3)=C2C(=O)c2ccccc21. The minimum Gasteiger partial charge on any atom is -0.401 e. The molecule has 0 spiro atoms. The molecule has 25 heavy (non-hydrogen) atoms. The van der Waals surface area contributed by atoms with Gasteiger partial charge in [-0.2, -0.15) is 0 Å². The molecule has 0 radical (unpaired) electrons. The van der Waals surface area contributed by atoms with E-state index < -0.39 is 5.91 Å². The fourth-order valence-corrected chi connectivity index (χ4v) is 3.28. The number of Topliss-reactive ketones (excluding diaryl/α,β-unsaturated/α-hetero) is 1. The Balaban J connectivity index is 1.89. The molecule has 4 rings (SSSR count). The van der Waals surface area contributed by atoms with Gasteiger partial charge in [0.2, 0.25) is 12.3 Å². The van der Waals surface area contributed by atoms with Crippen LogP contribution in [0, 0.1) is 0 Å². The Morgan fingerprint density at radius 1 is 0.960 bits per heavy atom. The Labute approximate surface area is 147 Å². The number of hydrogen-bond acceptors (Lipinski definition) is 6. The van der Waals surface area contributed by atoms with E-state index in [1.165, 1.54) is 0 Å². The number of amides is 1. The zero-order valence-electron chi connectivity index (χ0n) is 12.8. The summed E-state index contributed by atoms with van der Waals surface area (Å²) in [7, 11) is 0. The predicted octanol–water partition coefficient (Wildman–Crippen LogP) is 2.59. The summed E-state index contributed by atoms with van der Waals surface area (Å²) in [6.45, 7) is 0. The Hall–Kier alpha value is -3.03. The van der Waals surface area contributed by atoms with E-state index in [2.05, 4.69) is 5.32 Å². The first kappa shape index (κ1) is 15.5. The maximum absolute atomic E-state index is 12.9. The number of rotatable bonds is 3. The molecule has 1 amide bonds. The molecule has 0 unspecified atom stereocenters. The molecule has 0 aromatic heterocycles. The van der Waals surface area contributed by atoms with Crippen LogP contribution in [0.25, 0.3) is 11.4 Å². The normalized spacial score (nSPS) is 15.9. The summed E-state index contributed by atoms with van der Waals surface area (Å²) in [6.07, 6.45) is 0. The maximum atomic E-state index is 12.9. The number of carbonyl (C=O) groups excluding carboxylic acids is 2. The van der Waals surface area contributed by atoms with Crippen molar-refractivity contribution >= 4 is 35.4 Å². The molecule has 6 nitrogen and oxygen atoms in total. The summed E-state index contributed by atoms with van der Waals surface area (Å²) in [6, 6.07) is 13.6. The summed E-state index contributed by atoms with van der Waals surface area (Å²) in [5, 5.41) is 2.75. The Morgan fingerprint density at radius 2 is 1.64 bits per heavy atom. The van der Waals surface area contributed by atoms with Gasteiger partial charge in [-0.3, -0.25) is 14.1 Å². The molecular formula is C18H12N2O4S. The largest absolute Gasteiger partial charge is 0.401 e. The molecule has 1 aliphatic heterocycles. The molecule has 0 atom stereocenters. The van der Waals surface area contributed by atoms with Crippen LogP contribution < -0.4 is 15.2 Å². The van der Waals surface area contributed by atoms with Crippen molar-refractivity contribution in [3.05, 3.63) is 76.4 Å². The van der Waals surface area contributed by atoms with Crippen molar-refractivity contribution in [3.63, 3.8) is 0 Å². The molecule has 124 valence electrons. The van der Waals surface area contributed by atoms with E-state index in [9.17, 15) is 9.59 Å². The lowest BCUT2D eigenvalue weighted by molar-refractivity contribution is -0.115. The highest BCUT2D eigenvalue weighted by atomic mass is 32.2. The molecule has 0 bridgehead atoms. The second kappa shape index (κ2) is 5.80. The molecule has 7 heteroatoms. The second-order valence-corrected chi connectivity index (χ2v) is 5.87. The van der Waals surface area contributed by atoms with Crippen molar-refractivity contribution in [1.29, 1.82) is 0 Å². The monoisotopic (exact) mass is 352 g/mol. The second-order valence-electron chi connectivity index (χ2n) is 5.55. The van der Waals surface area contributed by atoms with Crippen LogP contribution in [-0.4, -0.2) is 16.2 Å². The van der Waals surface area contributed by atoms with Crippen molar-refractivity contribution in [2.75, 3.05) is 0 Å². The fraction of sp³-hybridized carbons (Fsp3) is 0. The van der Waals surface area contributed by atoms with Crippen molar-refractivity contribution in [3.8, 4) is 5.75 Å². The molecule has 1 aliphatic carbocycles. The average Bonchev–Trinajstić information content (AvgIpc) is 2.98. The molecule has 2 aliphatic rings. The zero-order chi connectivity index (χ0) is 17.6. The van der Waals surface area contributed by atoms with Gasteiger partial charge in [-0.15, -0.1) is 0 Å². The zero-order valence-corrected chi connectivity index (χ0v) is 13.6. The number of benzene rings is 2. The first-order valence-corrected chi connectivity index (χ1v) is 8.10. The number of ketones is 1. The third-order valence-electron chi connectivity index (χ3n) is 4.20. The van der Waals surface area contributed by atoms with E-state index in [1.54, 1.807) is 48.5 Å². The third-order valence-corrected chi connectivity index (χ3v) is 4.47. The number of fused-ring (bicyclic) bond motifs is 2. The van der Waals surface area contributed by atoms with Gasteiger partial charge < -0.3 is 15.2 Å². The minimum atomic E-state index is -0.392. The van der Waals surface area contributed by atoms with Crippen LogP contribution in [0.2, 0.25) is 0 Å². The van der Waals surface area contributed by atoms with Gasteiger partial charge in [0, 0.05) is 11.1 Å². The quantitative estimate of drug-likeness (QED) is 0.734. The highest BCUT2D eigenvalue weighted by molar-refractivity contribution is 7.89. The summed E-state index contributed by atoms with van der Waals surface area (Å²) in [4.78, 5) is 25.4.